The molecular weight excluding hydrogens is 392 g/mol. The number of anilines is 2. The van der Waals surface area contributed by atoms with Crippen LogP contribution in [0.1, 0.15) is 36.0 Å². The molecule has 1 aliphatic carbocycles. The van der Waals surface area contributed by atoms with Gasteiger partial charge in [0.2, 0.25) is 5.88 Å². The van der Waals surface area contributed by atoms with Crippen molar-refractivity contribution in [1.29, 1.82) is 0 Å². The van der Waals surface area contributed by atoms with Crippen LogP contribution in [0.25, 0.3) is 11.3 Å². The molecule has 3 aromatic rings. The number of nitrogens with one attached hydrogen (secondary N) is 2. The Hall–Kier alpha value is -3.52. The zero-order valence-electron chi connectivity index (χ0n) is 17.4. The summed E-state index contributed by atoms with van der Waals surface area (Å²) in [6.45, 7) is 0. The van der Waals surface area contributed by atoms with E-state index < -0.39 is 0 Å². The molecule has 1 fully saturated rings. The third-order valence-corrected chi connectivity index (χ3v) is 5.46. The molecular formula is C23H26N6O2. The maximum atomic E-state index is 12.6. The fourth-order valence-corrected chi connectivity index (χ4v) is 3.76. The smallest absolute Gasteiger partial charge is 0.251 e. The topological polar surface area (TPSA) is 115 Å². The van der Waals surface area contributed by atoms with Gasteiger partial charge in [0.1, 0.15) is 12.1 Å². The number of nitrogens with two attached hydrogens (primary N) is 1. The molecule has 0 aliphatic heterocycles. The van der Waals surface area contributed by atoms with Crippen LogP contribution in [-0.4, -0.2) is 40.1 Å². The van der Waals surface area contributed by atoms with E-state index in [-0.39, 0.29) is 18.0 Å². The summed E-state index contributed by atoms with van der Waals surface area (Å²) < 4.78 is 5.32. The van der Waals surface area contributed by atoms with E-state index in [2.05, 4.69) is 25.6 Å². The number of aromatic nitrogens is 3. The highest BCUT2D eigenvalue weighted by atomic mass is 16.5. The number of carbonyl (C=O) groups is 1. The minimum atomic E-state index is -0.0955. The molecule has 2 atom stereocenters. The van der Waals surface area contributed by atoms with Crippen molar-refractivity contribution in [2.24, 2.45) is 5.73 Å². The molecule has 31 heavy (non-hydrogen) atoms. The van der Waals surface area contributed by atoms with Crippen LogP contribution in [0.5, 0.6) is 5.88 Å². The van der Waals surface area contributed by atoms with Gasteiger partial charge in [0, 0.05) is 35.6 Å². The number of methoxy groups -OCH3 is 1. The van der Waals surface area contributed by atoms with Crippen molar-refractivity contribution in [1.82, 2.24) is 20.3 Å². The van der Waals surface area contributed by atoms with Gasteiger partial charge >= 0.3 is 0 Å². The van der Waals surface area contributed by atoms with Gasteiger partial charge in [0.15, 0.2) is 0 Å². The van der Waals surface area contributed by atoms with E-state index in [1.54, 1.807) is 25.4 Å². The first kappa shape index (κ1) is 20.7. The van der Waals surface area contributed by atoms with Crippen molar-refractivity contribution < 1.29 is 9.53 Å². The molecule has 1 amide bonds. The summed E-state index contributed by atoms with van der Waals surface area (Å²) in [5.41, 5.74) is 9.03. The number of benzene rings is 1. The highest BCUT2D eigenvalue weighted by Crippen LogP contribution is 2.27. The lowest BCUT2D eigenvalue weighted by molar-refractivity contribution is 0.0921. The molecule has 8 heteroatoms. The minimum Gasteiger partial charge on any atom is -0.481 e. The van der Waals surface area contributed by atoms with Crippen molar-refractivity contribution in [2.75, 3.05) is 12.4 Å². The third-order valence-electron chi connectivity index (χ3n) is 5.46. The Morgan fingerprint density at radius 3 is 2.68 bits per heavy atom. The second kappa shape index (κ2) is 9.53. The number of hydrogen-bond donors (Lipinski definition) is 3. The monoisotopic (exact) mass is 418 g/mol. The zero-order valence-corrected chi connectivity index (χ0v) is 17.4. The van der Waals surface area contributed by atoms with Gasteiger partial charge in [-0.2, -0.15) is 0 Å². The van der Waals surface area contributed by atoms with E-state index in [1.165, 1.54) is 6.33 Å². The Labute approximate surface area is 181 Å². The SMILES string of the molecule is COc1ncccc1-c1cc(Nc2ccc(C(=O)N[C@@H]3CCCC[C@H]3N)cc2)ncn1. The average Bonchev–Trinajstić information content (AvgIpc) is 2.81. The summed E-state index contributed by atoms with van der Waals surface area (Å²) in [7, 11) is 1.58. The van der Waals surface area contributed by atoms with Crippen LogP contribution in [0, 0.1) is 0 Å². The summed E-state index contributed by atoms with van der Waals surface area (Å²) in [5, 5.41) is 6.31. The summed E-state index contributed by atoms with van der Waals surface area (Å²) in [6, 6.07) is 12.9. The highest BCUT2D eigenvalue weighted by molar-refractivity contribution is 5.94. The van der Waals surface area contributed by atoms with Gasteiger partial charge in [-0.05, 0) is 49.2 Å². The fourth-order valence-electron chi connectivity index (χ4n) is 3.76. The van der Waals surface area contributed by atoms with Crippen molar-refractivity contribution >= 4 is 17.4 Å². The molecule has 160 valence electrons. The predicted octanol–water partition coefficient (Wildman–Crippen LogP) is 3.29. The molecule has 0 unspecified atom stereocenters. The molecule has 2 heterocycles. The lowest BCUT2D eigenvalue weighted by atomic mass is 9.91. The van der Waals surface area contributed by atoms with Crippen LogP contribution in [0.4, 0.5) is 11.5 Å². The lowest BCUT2D eigenvalue weighted by Crippen LogP contribution is -2.49. The van der Waals surface area contributed by atoms with Gasteiger partial charge in [0.05, 0.1) is 18.4 Å². The van der Waals surface area contributed by atoms with Crippen molar-refractivity contribution in [3.8, 4) is 17.1 Å². The van der Waals surface area contributed by atoms with E-state index in [0.717, 1.165) is 36.9 Å². The van der Waals surface area contributed by atoms with Crippen LogP contribution < -0.4 is 21.1 Å². The van der Waals surface area contributed by atoms with Crippen molar-refractivity contribution in [3.05, 3.63) is 60.6 Å². The molecule has 0 spiro atoms. The number of rotatable bonds is 6. The second-order valence-corrected chi connectivity index (χ2v) is 7.58. The standard InChI is InChI=1S/C23H26N6O2/c1-31-23-17(5-4-12-25-23)20-13-21(27-14-26-20)28-16-10-8-15(9-11-16)22(30)29-19-7-3-2-6-18(19)24/h4-5,8-14,18-19H,2-3,6-7,24H2,1H3,(H,29,30)(H,26,27,28)/t18-,19-/m1/s1. The molecule has 8 nitrogen and oxygen atoms in total. The number of nitrogens with zero attached hydrogens (tertiary/aromatic N) is 3. The molecule has 4 rings (SSSR count). The first-order valence-corrected chi connectivity index (χ1v) is 10.4. The molecule has 0 saturated heterocycles. The van der Waals surface area contributed by atoms with Gasteiger partial charge in [-0.1, -0.05) is 12.8 Å². The second-order valence-electron chi connectivity index (χ2n) is 7.58. The Kier molecular flexibility index (Phi) is 6.37. The van der Waals surface area contributed by atoms with Crippen LogP contribution >= 0.6 is 0 Å². The fraction of sp³-hybridized carbons (Fsp3) is 0.304. The maximum absolute atomic E-state index is 12.6. The molecule has 1 aliphatic rings. The van der Waals surface area contributed by atoms with Crippen LogP contribution in [-0.2, 0) is 0 Å². The first-order chi connectivity index (χ1) is 15.1. The summed E-state index contributed by atoms with van der Waals surface area (Å²) in [6.07, 6.45) is 7.28. The van der Waals surface area contributed by atoms with Crippen LogP contribution in [0.2, 0.25) is 0 Å². The van der Waals surface area contributed by atoms with Gasteiger partial charge in [-0.15, -0.1) is 0 Å². The van der Waals surface area contributed by atoms with E-state index in [4.69, 9.17) is 10.5 Å². The Morgan fingerprint density at radius 2 is 1.90 bits per heavy atom. The van der Waals surface area contributed by atoms with E-state index >= 15 is 0 Å². The zero-order chi connectivity index (χ0) is 21.6. The Morgan fingerprint density at radius 1 is 1.10 bits per heavy atom. The van der Waals surface area contributed by atoms with Gasteiger partial charge in [0.25, 0.3) is 5.91 Å². The van der Waals surface area contributed by atoms with Gasteiger partial charge in [-0.3, -0.25) is 4.79 Å². The number of ether oxygens (including phenoxy) is 1. The maximum Gasteiger partial charge on any atom is 0.251 e. The largest absolute Gasteiger partial charge is 0.481 e. The number of hydrogen-bond acceptors (Lipinski definition) is 7. The highest BCUT2D eigenvalue weighted by Gasteiger charge is 2.23. The number of carbonyl (C=O) groups excluding carboxylic acids is 1. The molecule has 1 aromatic carbocycles. The predicted molar refractivity (Wildman–Crippen MR) is 119 cm³/mol. The van der Waals surface area contributed by atoms with Crippen molar-refractivity contribution in [2.45, 2.75) is 37.8 Å². The molecule has 0 bridgehead atoms. The molecule has 4 N–H and O–H groups in total. The molecule has 2 aromatic heterocycles. The third kappa shape index (κ3) is 4.97. The van der Waals surface area contributed by atoms with Gasteiger partial charge < -0.3 is 21.1 Å². The van der Waals surface area contributed by atoms with E-state index in [0.29, 0.717) is 23.0 Å². The summed E-state index contributed by atoms with van der Waals surface area (Å²) in [5.74, 6) is 1.03. The van der Waals surface area contributed by atoms with Crippen LogP contribution in [0.15, 0.2) is 55.0 Å². The molecule has 1 saturated carbocycles. The van der Waals surface area contributed by atoms with Gasteiger partial charge in [-0.25, -0.2) is 15.0 Å². The number of amides is 1. The van der Waals surface area contributed by atoms with E-state index in [9.17, 15) is 4.79 Å². The number of pyridine rings is 1. The van der Waals surface area contributed by atoms with Crippen molar-refractivity contribution in [3.63, 3.8) is 0 Å². The Balaban J connectivity index is 1.44. The normalized spacial score (nSPS) is 18.3. The summed E-state index contributed by atoms with van der Waals surface area (Å²) in [4.78, 5) is 25.4. The first-order valence-electron chi connectivity index (χ1n) is 10.4. The minimum absolute atomic E-state index is 0.0315. The molecule has 0 radical (unpaired) electrons. The Bertz CT molecular complexity index is 1040. The average molecular weight is 419 g/mol. The summed E-state index contributed by atoms with van der Waals surface area (Å²) >= 11 is 0. The van der Waals surface area contributed by atoms with Crippen LogP contribution in [0.3, 0.4) is 0 Å². The lowest BCUT2D eigenvalue weighted by Gasteiger charge is -2.29. The quantitative estimate of drug-likeness (QED) is 0.563. The van der Waals surface area contributed by atoms with E-state index in [1.807, 2.05) is 30.3 Å².